The lowest BCUT2D eigenvalue weighted by molar-refractivity contribution is -0.0908. The fourth-order valence-electron chi connectivity index (χ4n) is 3.10. The summed E-state index contributed by atoms with van der Waals surface area (Å²) >= 11 is 0. The lowest BCUT2D eigenvalue weighted by Gasteiger charge is -2.38. The molecule has 2 N–H and O–H groups in total. The van der Waals surface area contributed by atoms with Crippen molar-refractivity contribution in [1.82, 2.24) is 20.2 Å². The molecule has 1 aromatic rings. The van der Waals surface area contributed by atoms with Crippen molar-refractivity contribution in [3.05, 3.63) is 5.82 Å². The monoisotopic (exact) mass is 267 g/mol. The maximum atomic E-state index is 6.11. The molecule has 108 valence electrons. The Bertz CT molecular complexity index is 390. The first-order chi connectivity index (χ1) is 9.22. The molecule has 0 bridgehead atoms. The normalized spacial score (nSPS) is 27.6. The van der Waals surface area contributed by atoms with Gasteiger partial charge in [-0.3, -0.25) is 0 Å². The van der Waals surface area contributed by atoms with Gasteiger partial charge in [0.1, 0.15) is 5.60 Å². The van der Waals surface area contributed by atoms with Crippen molar-refractivity contribution in [3.8, 4) is 0 Å². The van der Waals surface area contributed by atoms with Crippen LogP contribution < -0.4 is 5.73 Å². The molecule has 19 heavy (non-hydrogen) atoms. The third kappa shape index (κ3) is 3.12. The standard InChI is InChI=1S/C13H25N5O/c1-3-19-13(7-4-6-11(2)10-13)12-15-16-17-18(12)9-5-8-14/h11H,3-10,14H2,1-2H3. The smallest absolute Gasteiger partial charge is 0.183 e. The largest absolute Gasteiger partial charge is 0.367 e. The van der Waals surface area contributed by atoms with E-state index in [1.807, 2.05) is 11.6 Å². The molecule has 6 heteroatoms. The molecule has 1 aromatic heterocycles. The van der Waals surface area contributed by atoms with Gasteiger partial charge >= 0.3 is 0 Å². The van der Waals surface area contributed by atoms with E-state index in [-0.39, 0.29) is 5.60 Å². The van der Waals surface area contributed by atoms with Crippen LogP contribution in [-0.4, -0.2) is 33.4 Å². The molecule has 0 aliphatic heterocycles. The van der Waals surface area contributed by atoms with Gasteiger partial charge in [-0.2, -0.15) is 0 Å². The fourth-order valence-corrected chi connectivity index (χ4v) is 3.10. The van der Waals surface area contributed by atoms with E-state index in [2.05, 4.69) is 22.4 Å². The van der Waals surface area contributed by atoms with E-state index >= 15 is 0 Å². The maximum absolute atomic E-state index is 6.11. The second kappa shape index (κ2) is 6.43. The summed E-state index contributed by atoms with van der Waals surface area (Å²) in [4.78, 5) is 0. The molecule has 0 spiro atoms. The van der Waals surface area contributed by atoms with E-state index in [0.29, 0.717) is 19.1 Å². The second-order valence-corrected chi connectivity index (χ2v) is 5.50. The predicted molar refractivity (Wildman–Crippen MR) is 72.4 cm³/mol. The summed E-state index contributed by atoms with van der Waals surface area (Å²) in [5.41, 5.74) is 5.27. The summed E-state index contributed by atoms with van der Waals surface area (Å²) in [6, 6.07) is 0. The SMILES string of the molecule is CCOC1(c2nnnn2CCCN)CCCC(C)C1. The Kier molecular flexibility index (Phi) is 4.87. The summed E-state index contributed by atoms with van der Waals surface area (Å²) in [7, 11) is 0. The highest BCUT2D eigenvalue weighted by Crippen LogP contribution is 2.41. The molecule has 0 aromatic carbocycles. The van der Waals surface area contributed by atoms with Crippen molar-refractivity contribution in [3.63, 3.8) is 0 Å². The molecular formula is C13H25N5O. The van der Waals surface area contributed by atoms with Gasteiger partial charge in [-0.15, -0.1) is 5.10 Å². The van der Waals surface area contributed by atoms with Crippen LogP contribution >= 0.6 is 0 Å². The van der Waals surface area contributed by atoms with Gasteiger partial charge in [-0.25, -0.2) is 4.68 Å². The van der Waals surface area contributed by atoms with Gasteiger partial charge < -0.3 is 10.5 Å². The average Bonchev–Trinajstić information content (AvgIpc) is 2.85. The zero-order valence-electron chi connectivity index (χ0n) is 12.0. The Morgan fingerprint density at radius 1 is 1.53 bits per heavy atom. The molecule has 0 amide bonds. The number of rotatable bonds is 6. The van der Waals surface area contributed by atoms with Crippen LogP contribution in [0.4, 0.5) is 0 Å². The molecule has 1 aliphatic carbocycles. The highest BCUT2D eigenvalue weighted by molar-refractivity contribution is 5.03. The lowest BCUT2D eigenvalue weighted by Crippen LogP contribution is -2.38. The van der Waals surface area contributed by atoms with E-state index in [9.17, 15) is 0 Å². The molecule has 0 saturated heterocycles. The van der Waals surface area contributed by atoms with Crippen LogP contribution in [-0.2, 0) is 16.9 Å². The molecule has 1 heterocycles. The van der Waals surface area contributed by atoms with E-state index in [0.717, 1.165) is 31.6 Å². The van der Waals surface area contributed by atoms with Crippen molar-refractivity contribution in [2.24, 2.45) is 11.7 Å². The van der Waals surface area contributed by atoms with Crippen molar-refractivity contribution in [1.29, 1.82) is 0 Å². The predicted octanol–water partition coefficient (Wildman–Crippen LogP) is 1.46. The van der Waals surface area contributed by atoms with Gasteiger partial charge in [-0.1, -0.05) is 13.3 Å². The molecule has 2 rings (SSSR count). The molecule has 1 saturated carbocycles. The number of aromatic nitrogens is 4. The average molecular weight is 267 g/mol. The van der Waals surface area contributed by atoms with Crippen LogP contribution in [0.5, 0.6) is 0 Å². The van der Waals surface area contributed by atoms with E-state index in [4.69, 9.17) is 10.5 Å². The van der Waals surface area contributed by atoms with Crippen LogP contribution in [0.1, 0.15) is 51.8 Å². The summed E-state index contributed by atoms with van der Waals surface area (Å²) in [5, 5.41) is 12.2. The first kappa shape index (κ1) is 14.4. The number of nitrogens with two attached hydrogens (primary N) is 1. The summed E-state index contributed by atoms with van der Waals surface area (Å²) in [5.74, 6) is 1.54. The van der Waals surface area contributed by atoms with E-state index in [1.54, 1.807) is 0 Å². The maximum Gasteiger partial charge on any atom is 0.183 e. The van der Waals surface area contributed by atoms with Crippen molar-refractivity contribution >= 4 is 0 Å². The molecular weight excluding hydrogens is 242 g/mol. The van der Waals surface area contributed by atoms with Crippen LogP contribution in [0.15, 0.2) is 0 Å². The van der Waals surface area contributed by atoms with Crippen molar-refractivity contribution in [2.75, 3.05) is 13.2 Å². The first-order valence-electron chi connectivity index (χ1n) is 7.32. The third-order valence-corrected chi connectivity index (χ3v) is 3.89. The Morgan fingerprint density at radius 3 is 3.05 bits per heavy atom. The number of hydrogen-bond acceptors (Lipinski definition) is 5. The zero-order chi connectivity index (χ0) is 13.7. The zero-order valence-corrected chi connectivity index (χ0v) is 12.0. The van der Waals surface area contributed by atoms with Gasteiger partial charge in [0, 0.05) is 13.2 Å². The third-order valence-electron chi connectivity index (χ3n) is 3.89. The Hall–Kier alpha value is -1.01. The van der Waals surface area contributed by atoms with Crippen LogP contribution in [0, 0.1) is 5.92 Å². The Balaban J connectivity index is 2.25. The van der Waals surface area contributed by atoms with E-state index in [1.165, 1.54) is 12.8 Å². The number of tetrazole rings is 1. The Labute approximate surface area is 114 Å². The quantitative estimate of drug-likeness (QED) is 0.844. The summed E-state index contributed by atoms with van der Waals surface area (Å²) < 4.78 is 7.99. The number of aryl methyl sites for hydroxylation is 1. The number of nitrogens with zero attached hydrogens (tertiary/aromatic N) is 4. The van der Waals surface area contributed by atoms with E-state index < -0.39 is 0 Å². The Morgan fingerprint density at radius 2 is 2.37 bits per heavy atom. The van der Waals surface area contributed by atoms with Gasteiger partial charge in [-0.05, 0) is 55.5 Å². The molecule has 0 radical (unpaired) electrons. The molecule has 2 atom stereocenters. The number of hydrogen-bond donors (Lipinski definition) is 1. The highest BCUT2D eigenvalue weighted by Gasteiger charge is 2.41. The van der Waals surface area contributed by atoms with Crippen molar-refractivity contribution < 1.29 is 4.74 Å². The second-order valence-electron chi connectivity index (χ2n) is 5.50. The molecule has 6 nitrogen and oxygen atoms in total. The number of ether oxygens (including phenoxy) is 1. The summed E-state index contributed by atoms with van der Waals surface area (Å²) in [6.45, 7) is 6.42. The molecule has 1 fully saturated rings. The van der Waals surface area contributed by atoms with Gasteiger partial charge in [0.25, 0.3) is 0 Å². The van der Waals surface area contributed by atoms with Gasteiger partial charge in [0.05, 0.1) is 0 Å². The minimum Gasteiger partial charge on any atom is -0.367 e. The van der Waals surface area contributed by atoms with Crippen LogP contribution in [0.25, 0.3) is 0 Å². The topological polar surface area (TPSA) is 78.9 Å². The highest BCUT2D eigenvalue weighted by atomic mass is 16.5. The van der Waals surface area contributed by atoms with Crippen LogP contribution in [0.2, 0.25) is 0 Å². The van der Waals surface area contributed by atoms with Gasteiger partial charge in [0.15, 0.2) is 5.82 Å². The first-order valence-corrected chi connectivity index (χ1v) is 7.32. The molecule has 1 aliphatic rings. The fraction of sp³-hybridized carbons (Fsp3) is 0.923. The van der Waals surface area contributed by atoms with Crippen molar-refractivity contribution in [2.45, 2.75) is 58.1 Å². The van der Waals surface area contributed by atoms with Gasteiger partial charge in [0.2, 0.25) is 0 Å². The minimum atomic E-state index is -0.301. The molecule has 2 unspecified atom stereocenters. The minimum absolute atomic E-state index is 0.301. The summed E-state index contributed by atoms with van der Waals surface area (Å²) in [6.07, 6.45) is 5.33. The van der Waals surface area contributed by atoms with Crippen LogP contribution in [0.3, 0.4) is 0 Å². The lowest BCUT2D eigenvalue weighted by atomic mass is 9.78.